The Hall–Kier alpha value is -2.48. The largest absolute Gasteiger partial charge is 0.425 e. The van der Waals surface area contributed by atoms with Crippen LogP contribution in [0.15, 0.2) is 27.4 Å². The van der Waals surface area contributed by atoms with Crippen LogP contribution in [0.4, 0.5) is 5.69 Å². The zero-order chi connectivity index (χ0) is 18.7. The van der Waals surface area contributed by atoms with Crippen LogP contribution in [0.3, 0.4) is 0 Å². The number of benzene rings is 1. The molecular formula is C16H19NO6S. The summed E-state index contributed by atoms with van der Waals surface area (Å²) in [4.78, 5) is 24.2. The lowest BCUT2D eigenvalue weighted by molar-refractivity contribution is -0.125. The second-order valence-electron chi connectivity index (χ2n) is 6.30. The van der Waals surface area contributed by atoms with Gasteiger partial charge in [-0.1, -0.05) is 20.8 Å². The van der Waals surface area contributed by atoms with Gasteiger partial charge in [-0.05, 0) is 24.6 Å². The van der Waals surface area contributed by atoms with Crippen molar-refractivity contribution in [1.29, 1.82) is 0 Å². The summed E-state index contributed by atoms with van der Waals surface area (Å²) >= 11 is 0. The summed E-state index contributed by atoms with van der Waals surface area (Å²) in [7, 11) is -3.11. The van der Waals surface area contributed by atoms with Gasteiger partial charge in [0.25, 0.3) is 0 Å². The number of aryl methyl sites for hydroxylation is 1. The zero-order valence-electron chi connectivity index (χ0n) is 13.9. The van der Waals surface area contributed by atoms with Crippen LogP contribution in [-0.4, -0.2) is 18.4 Å². The van der Waals surface area contributed by atoms with E-state index in [0.717, 1.165) is 10.9 Å². The van der Waals surface area contributed by atoms with Crippen molar-refractivity contribution in [1.82, 2.24) is 0 Å². The molecule has 130 valence electrons. The molecule has 2 aromatic rings. The maximum absolute atomic E-state index is 12.1. The first-order chi connectivity index (χ1) is 10.9. The molecule has 0 saturated heterocycles. The number of Topliss-reactive ketones (excluding diaryl/α,β-unsaturated/α-hetero) is 1. The molecule has 0 amide bonds. The topological polar surface area (TPSA) is 125 Å². The number of nitrogen functional groups attached to an aromatic ring is 1. The van der Waals surface area contributed by atoms with Gasteiger partial charge in [0.05, 0.1) is 0 Å². The molecule has 0 bridgehead atoms. The van der Waals surface area contributed by atoms with Gasteiger partial charge in [-0.15, -0.1) is 12.6 Å². The highest BCUT2D eigenvalue weighted by molar-refractivity contribution is 7.59. The van der Waals surface area contributed by atoms with E-state index in [2.05, 4.69) is 0 Å². The molecule has 8 heteroatoms. The number of ketones is 1. The van der Waals surface area contributed by atoms with Gasteiger partial charge in [0.2, 0.25) is 0 Å². The fraction of sp³-hybridized carbons (Fsp3) is 0.375. The smallest absolute Gasteiger partial charge is 0.422 e. The van der Waals surface area contributed by atoms with Gasteiger partial charge in [-0.2, -0.15) is 0 Å². The third-order valence-corrected chi connectivity index (χ3v) is 3.49. The lowest BCUT2D eigenvalue weighted by Gasteiger charge is -2.17. The van der Waals surface area contributed by atoms with Crippen LogP contribution in [0.2, 0.25) is 0 Å². The fourth-order valence-electron chi connectivity index (χ4n) is 2.04. The Balaban J connectivity index is 0.000000648. The molecule has 0 radical (unpaired) electrons. The Morgan fingerprint density at radius 2 is 1.75 bits per heavy atom. The summed E-state index contributed by atoms with van der Waals surface area (Å²) in [5, 5.41) is 0.815. The van der Waals surface area contributed by atoms with Crippen molar-refractivity contribution in [3.63, 3.8) is 0 Å². The minimum atomic E-state index is -3.11. The molecular weight excluding hydrogens is 334 g/mol. The Kier molecular flexibility index (Phi) is 6.03. The predicted octanol–water partition coefficient (Wildman–Crippen LogP) is 1.84. The molecule has 0 unspecified atom stereocenters. The summed E-state index contributed by atoms with van der Waals surface area (Å²) in [5.41, 5.74) is 6.96. The number of nitrogens with two attached hydrogens (primary N) is 1. The lowest BCUT2D eigenvalue weighted by atomic mass is 9.86. The first-order valence-corrected chi connectivity index (χ1v) is 8.05. The molecule has 7 nitrogen and oxygen atoms in total. The molecule has 1 heterocycles. The van der Waals surface area contributed by atoms with E-state index < -0.39 is 21.6 Å². The first kappa shape index (κ1) is 19.6. The van der Waals surface area contributed by atoms with Crippen LogP contribution in [0.5, 0.6) is 0 Å². The van der Waals surface area contributed by atoms with Crippen LogP contribution in [0.1, 0.15) is 31.9 Å². The standard InChI is InChI=1S/C16H19NO3.O3S/c1-9-11-6-5-10(17)7-13(11)20-15(19)12(9)8-14(18)16(2,3)4;1-4(2)3/h5-7H,8,17H2,1-4H3;. The van der Waals surface area contributed by atoms with E-state index >= 15 is 0 Å². The molecule has 2 rings (SSSR count). The van der Waals surface area contributed by atoms with Gasteiger partial charge in [0.15, 0.2) is 0 Å². The molecule has 2 N–H and O–H groups in total. The molecule has 0 aliphatic carbocycles. The van der Waals surface area contributed by atoms with Crippen LogP contribution in [-0.2, 0) is 21.8 Å². The van der Waals surface area contributed by atoms with Gasteiger partial charge in [0, 0.05) is 34.5 Å². The van der Waals surface area contributed by atoms with Crippen molar-refractivity contribution in [3.8, 4) is 0 Å². The molecule has 0 spiro atoms. The normalized spacial score (nSPS) is 10.8. The van der Waals surface area contributed by atoms with Crippen LogP contribution in [0.25, 0.3) is 11.0 Å². The van der Waals surface area contributed by atoms with Crippen LogP contribution >= 0.6 is 0 Å². The van der Waals surface area contributed by atoms with Crippen molar-refractivity contribution in [3.05, 3.63) is 39.7 Å². The van der Waals surface area contributed by atoms with Crippen molar-refractivity contribution < 1.29 is 21.8 Å². The van der Waals surface area contributed by atoms with Gasteiger partial charge < -0.3 is 10.2 Å². The second kappa shape index (κ2) is 7.39. The van der Waals surface area contributed by atoms with Gasteiger partial charge >= 0.3 is 16.2 Å². The van der Waals surface area contributed by atoms with E-state index in [1.807, 2.05) is 33.8 Å². The summed E-state index contributed by atoms with van der Waals surface area (Å²) in [6, 6.07) is 5.19. The maximum atomic E-state index is 12.1. The minimum absolute atomic E-state index is 0.0164. The predicted molar refractivity (Wildman–Crippen MR) is 89.5 cm³/mol. The van der Waals surface area contributed by atoms with E-state index in [1.165, 1.54) is 0 Å². The maximum Gasteiger partial charge on any atom is 0.425 e. The SMILES string of the molecule is Cc1c(CC(=O)C(C)(C)C)c(=O)oc2cc(N)ccc12.O=S(=O)=O. The lowest BCUT2D eigenvalue weighted by Crippen LogP contribution is -2.25. The first-order valence-electron chi connectivity index (χ1n) is 7.05. The number of carbonyl (C=O) groups excluding carboxylic acids is 1. The van der Waals surface area contributed by atoms with Gasteiger partial charge in [-0.25, -0.2) is 4.79 Å². The number of rotatable bonds is 2. The monoisotopic (exact) mass is 353 g/mol. The molecule has 0 atom stereocenters. The van der Waals surface area contributed by atoms with Crippen LogP contribution in [0, 0.1) is 12.3 Å². The van der Waals surface area contributed by atoms with Crippen molar-refractivity contribution in [2.75, 3.05) is 5.73 Å². The highest BCUT2D eigenvalue weighted by Gasteiger charge is 2.24. The molecule has 0 aliphatic rings. The molecule has 24 heavy (non-hydrogen) atoms. The fourth-order valence-corrected chi connectivity index (χ4v) is 2.04. The number of carbonyl (C=O) groups is 1. The average Bonchev–Trinajstić information content (AvgIpc) is 2.41. The number of anilines is 1. The van der Waals surface area contributed by atoms with E-state index in [-0.39, 0.29) is 12.2 Å². The quantitative estimate of drug-likeness (QED) is 0.645. The molecule has 0 saturated carbocycles. The van der Waals surface area contributed by atoms with Crippen LogP contribution < -0.4 is 11.4 Å². The van der Waals surface area contributed by atoms with E-state index in [1.54, 1.807) is 12.1 Å². The number of fused-ring (bicyclic) bond motifs is 1. The third kappa shape index (κ3) is 5.02. The number of hydrogen-bond donors (Lipinski definition) is 1. The summed E-state index contributed by atoms with van der Waals surface area (Å²) in [5.74, 6) is 0.0164. The van der Waals surface area contributed by atoms with Gasteiger partial charge in [-0.3, -0.25) is 4.79 Å². The average molecular weight is 353 g/mol. The second-order valence-corrected chi connectivity index (χ2v) is 6.71. The summed E-state index contributed by atoms with van der Waals surface area (Å²) in [6.45, 7) is 7.36. The van der Waals surface area contributed by atoms with Crippen molar-refractivity contribution in [2.45, 2.75) is 34.1 Å². The summed E-state index contributed by atoms with van der Waals surface area (Å²) < 4.78 is 30.6. The molecule has 1 aromatic carbocycles. The highest BCUT2D eigenvalue weighted by Crippen LogP contribution is 2.24. The Labute approximate surface area is 140 Å². The van der Waals surface area contributed by atoms with Gasteiger partial charge in [0.1, 0.15) is 11.4 Å². The zero-order valence-corrected chi connectivity index (χ0v) is 14.7. The van der Waals surface area contributed by atoms with E-state index in [0.29, 0.717) is 16.8 Å². The molecule has 0 fully saturated rings. The Morgan fingerprint density at radius 1 is 1.21 bits per heavy atom. The van der Waals surface area contributed by atoms with E-state index in [4.69, 9.17) is 22.8 Å². The Bertz CT molecular complexity index is 929. The molecule has 1 aromatic heterocycles. The third-order valence-electron chi connectivity index (χ3n) is 3.49. The van der Waals surface area contributed by atoms with Crippen molar-refractivity contribution in [2.24, 2.45) is 5.41 Å². The Morgan fingerprint density at radius 3 is 2.25 bits per heavy atom. The number of hydrogen-bond acceptors (Lipinski definition) is 7. The highest BCUT2D eigenvalue weighted by atomic mass is 32.2. The van der Waals surface area contributed by atoms with Crippen molar-refractivity contribution >= 4 is 33.0 Å². The summed E-state index contributed by atoms with van der Waals surface area (Å²) in [6.07, 6.45) is 0.0952. The minimum Gasteiger partial charge on any atom is -0.422 e. The molecule has 0 aliphatic heterocycles. The van der Waals surface area contributed by atoms with E-state index in [9.17, 15) is 9.59 Å².